The highest BCUT2D eigenvalue weighted by molar-refractivity contribution is 5.98. The maximum atomic E-state index is 12.3. The molecule has 0 heterocycles. The Hall–Kier alpha value is -2.10. The van der Waals surface area contributed by atoms with Crippen LogP contribution in [0.1, 0.15) is 47.2 Å². The lowest BCUT2D eigenvalue weighted by Gasteiger charge is -2.38. The van der Waals surface area contributed by atoms with Crippen LogP contribution in [0.15, 0.2) is 24.3 Å². The Morgan fingerprint density at radius 3 is 2.70 bits per heavy atom. The van der Waals surface area contributed by atoms with E-state index in [9.17, 15) is 14.7 Å². The fourth-order valence-corrected chi connectivity index (χ4v) is 2.79. The first-order valence-corrected chi connectivity index (χ1v) is 6.96. The van der Waals surface area contributed by atoms with E-state index >= 15 is 0 Å². The number of benzene rings is 1. The summed E-state index contributed by atoms with van der Waals surface area (Å²) in [6.45, 7) is 0. The molecule has 4 heteroatoms. The van der Waals surface area contributed by atoms with Crippen molar-refractivity contribution in [2.24, 2.45) is 0 Å². The highest BCUT2D eigenvalue weighted by atomic mass is 16.4. The molecule has 1 saturated carbocycles. The van der Waals surface area contributed by atoms with Gasteiger partial charge in [-0.15, -0.1) is 0 Å². The Morgan fingerprint density at radius 1 is 1.25 bits per heavy atom. The van der Waals surface area contributed by atoms with Crippen molar-refractivity contribution in [1.82, 2.24) is 5.32 Å². The molecule has 2 N–H and O–H groups in total. The molecule has 104 valence electrons. The zero-order valence-corrected chi connectivity index (χ0v) is 11.2. The third kappa shape index (κ3) is 2.11. The first kappa shape index (κ1) is 12.9. The minimum Gasteiger partial charge on any atom is -0.480 e. The van der Waals surface area contributed by atoms with Gasteiger partial charge in [0.25, 0.3) is 5.91 Å². The van der Waals surface area contributed by atoms with Crippen LogP contribution >= 0.6 is 0 Å². The van der Waals surface area contributed by atoms with Gasteiger partial charge in [-0.05, 0) is 55.4 Å². The second kappa shape index (κ2) is 4.78. The summed E-state index contributed by atoms with van der Waals surface area (Å²) < 4.78 is 0. The van der Waals surface area contributed by atoms with E-state index < -0.39 is 11.5 Å². The van der Waals surface area contributed by atoms with Crippen molar-refractivity contribution < 1.29 is 14.7 Å². The van der Waals surface area contributed by atoms with Crippen LogP contribution in [0.2, 0.25) is 0 Å². The van der Waals surface area contributed by atoms with Crippen molar-refractivity contribution in [2.45, 2.75) is 37.6 Å². The molecule has 0 unspecified atom stereocenters. The number of allylic oxidation sites excluding steroid dienone is 1. The third-order valence-electron chi connectivity index (χ3n) is 4.25. The fraction of sp³-hybridized carbons (Fsp3) is 0.375. The number of rotatable bonds is 3. The Morgan fingerprint density at radius 2 is 2.05 bits per heavy atom. The zero-order chi connectivity index (χ0) is 14.2. The Bertz CT molecular complexity index is 600. The molecular formula is C16H17NO3. The van der Waals surface area contributed by atoms with Crippen molar-refractivity contribution in [3.05, 3.63) is 41.0 Å². The quantitative estimate of drug-likeness (QED) is 0.887. The average Bonchev–Trinajstić information content (AvgIpc) is 2.41. The van der Waals surface area contributed by atoms with Gasteiger partial charge in [0, 0.05) is 5.56 Å². The van der Waals surface area contributed by atoms with E-state index in [1.165, 1.54) is 0 Å². The van der Waals surface area contributed by atoms with E-state index in [4.69, 9.17) is 0 Å². The molecule has 1 aromatic carbocycles. The van der Waals surface area contributed by atoms with E-state index in [1.807, 2.05) is 12.1 Å². The van der Waals surface area contributed by atoms with E-state index in [2.05, 4.69) is 17.5 Å². The molecule has 0 aromatic heterocycles. The first-order valence-electron chi connectivity index (χ1n) is 6.96. The number of carboxylic acid groups (broad SMARTS) is 1. The molecule has 1 amide bonds. The van der Waals surface area contributed by atoms with Crippen molar-refractivity contribution in [3.8, 4) is 0 Å². The van der Waals surface area contributed by atoms with Gasteiger partial charge in [-0.3, -0.25) is 4.79 Å². The van der Waals surface area contributed by atoms with Gasteiger partial charge >= 0.3 is 5.97 Å². The molecule has 1 aromatic rings. The molecule has 1 fully saturated rings. The van der Waals surface area contributed by atoms with Crippen molar-refractivity contribution in [1.29, 1.82) is 0 Å². The third-order valence-corrected chi connectivity index (χ3v) is 4.25. The second-order valence-corrected chi connectivity index (χ2v) is 5.55. The lowest BCUT2D eigenvalue weighted by Crippen LogP contribution is -2.59. The summed E-state index contributed by atoms with van der Waals surface area (Å²) in [6, 6.07) is 5.56. The monoisotopic (exact) mass is 271 g/mol. The molecule has 0 saturated heterocycles. The predicted molar refractivity (Wildman–Crippen MR) is 75.5 cm³/mol. The molecule has 2 aliphatic rings. The van der Waals surface area contributed by atoms with Gasteiger partial charge in [0.2, 0.25) is 0 Å². The number of nitrogens with one attached hydrogen (secondary N) is 1. The molecule has 20 heavy (non-hydrogen) atoms. The van der Waals surface area contributed by atoms with E-state index in [0.29, 0.717) is 18.4 Å². The minimum atomic E-state index is -1.05. The number of carbonyl (C=O) groups excluding carboxylic acids is 1. The lowest BCUT2D eigenvalue weighted by atomic mass is 9.76. The van der Waals surface area contributed by atoms with E-state index in [0.717, 1.165) is 30.4 Å². The minimum absolute atomic E-state index is 0.288. The Labute approximate surface area is 117 Å². The summed E-state index contributed by atoms with van der Waals surface area (Å²) in [4.78, 5) is 23.5. The van der Waals surface area contributed by atoms with Crippen LogP contribution in [0.5, 0.6) is 0 Å². The van der Waals surface area contributed by atoms with Crippen LogP contribution < -0.4 is 5.32 Å². The number of carbonyl (C=O) groups is 2. The maximum Gasteiger partial charge on any atom is 0.329 e. The van der Waals surface area contributed by atoms with Crippen LogP contribution in [0, 0.1) is 0 Å². The largest absolute Gasteiger partial charge is 0.480 e. The molecule has 0 spiro atoms. The van der Waals surface area contributed by atoms with Crippen LogP contribution in [-0.4, -0.2) is 22.5 Å². The lowest BCUT2D eigenvalue weighted by molar-refractivity contribution is -0.148. The molecule has 0 radical (unpaired) electrons. The van der Waals surface area contributed by atoms with Crippen molar-refractivity contribution in [3.63, 3.8) is 0 Å². The SMILES string of the molecule is O=C(NC1(C(=O)O)CCC1)c1ccc2c(c1)CCC=C2. The second-order valence-electron chi connectivity index (χ2n) is 5.55. The number of carboxylic acids is 1. The maximum absolute atomic E-state index is 12.3. The molecular weight excluding hydrogens is 254 g/mol. The number of fused-ring (bicyclic) bond motifs is 1. The smallest absolute Gasteiger partial charge is 0.329 e. The number of hydrogen-bond donors (Lipinski definition) is 2. The van der Waals surface area contributed by atoms with Gasteiger partial charge in [0.05, 0.1) is 0 Å². The Balaban J connectivity index is 1.81. The van der Waals surface area contributed by atoms with Gasteiger partial charge in [-0.2, -0.15) is 0 Å². The van der Waals surface area contributed by atoms with E-state index in [1.54, 1.807) is 6.07 Å². The summed E-state index contributed by atoms with van der Waals surface area (Å²) in [5.74, 6) is -1.22. The van der Waals surface area contributed by atoms with Gasteiger partial charge in [0.15, 0.2) is 0 Å². The zero-order valence-electron chi connectivity index (χ0n) is 11.2. The summed E-state index contributed by atoms with van der Waals surface area (Å²) in [5.41, 5.74) is 1.79. The molecule has 2 aliphatic carbocycles. The molecule has 0 bridgehead atoms. The highest BCUT2D eigenvalue weighted by Crippen LogP contribution is 2.32. The van der Waals surface area contributed by atoms with E-state index in [-0.39, 0.29) is 5.91 Å². The first-order chi connectivity index (χ1) is 9.61. The standard InChI is InChI=1S/C16H17NO3/c18-14(17-16(15(19)20)8-3-9-16)13-7-6-11-4-1-2-5-12(11)10-13/h1,4,6-7,10H,2-3,5,8-9H2,(H,17,18)(H,19,20). The number of aliphatic carboxylic acids is 1. The predicted octanol–water partition coefficient (Wildman–Crippen LogP) is 2.38. The summed E-state index contributed by atoms with van der Waals surface area (Å²) >= 11 is 0. The number of aryl methyl sites for hydroxylation is 1. The summed E-state index contributed by atoms with van der Waals surface area (Å²) in [5, 5.41) is 11.9. The van der Waals surface area contributed by atoms with Crippen molar-refractivity contribution in [2.75, 3.05) is 0 Å². The molecule has 0 atom stereocenters. The topological polar surface area (TPSA) is 66.4 Å². The van der Waals surface area contributed by atoms with Crippen LogP contribution in [0.3, 0.4) is 0 Å². The van der Waals surface area contributed by atoms with Crippen LogP contribution in [-0.2, 0) is 11.2 Å². The Kier molecular flexibility index (Phi) is 3.08. The van der Waals surface area contributed by atoms with Crippen LogP contribution in [0.4, 0.5) is 0 Å². The summed E-state index contributed by atoms with van der Waals surface area (Å²) in [6.07, 6.45) is 7.97. The number of hydrogen-bond acceptors (Lipinski definition) is 2. The average molecular weight is 271 g/mol. The van der Waals surface area contributed by atoms with Crippen molar-refractivity contribution >= 4 is 18.0 Å². The molecule has 4 nitrogen and oxygen atoms in total. The summed E-state index contributed by atoms with van der Waals surface area (Å²) in [7, 11) is 0. The molecule has 3 rings (SSSR count). The highest BCUT2D eigenvalue weighted by Gasteiger charge is 2.45. The van der Waals surface area contributed by atoms with Gasteiger partial charge in [-0.25, -0.2) is 4.79 Å². The van der Waals surface area contributed by atoms with Crippen LogP contribution in [0.25, 0.3) is 6.08 Å². The van der Waals surface area contributed by atoms with Gasteiger partial charge < -0.3 is 10.4 Å². The molecule has 0 aliphatic heterocycles. The number of amides is 1. The fourth-order valence-electron chi connectivity index (χ4n) is 2.79. The normalized spacial score (nSPS) is 18.8. The van der Waals surface area contributed by atoms with Gasteiger partial charge in [0.1, 0.15) is 5.54 Å². The van der Waals surface area contributed by atoms with Gasteiger partial charge in [-0.1, -0.05) is 18.2 Å².